The van der Waals surface area contributed by atoms with Crippen LogP contribution in [0.3, 0.4) is 0 Å². The molecule has 0 unspecified atom stereocenters. The molecule has 0 bridgehead atoms. The molecule has 25 heavy (non-hydrogen) atoms. The van der Waals surface area contributed by atoms with E-state index in [9.17, 15) is 9.59 Å². The molecule has 0 saturated carbocycles. The molecule has 3 aromatic rings. The van der Waals surface area contributed by atoms with Gasteiger partial charge in [-0.2, -0.15) is 0 Å². The van der Waals surface area contributed by atoms with Crippen LogP contribution in [0.5, 0.6) is 0 Å². The van der Waals surface area contributed by atoms with Gasteiger partial charge in [0.2, 0.25) is 0 Å². The van der Waals surface area contributed by atoms with Gasteiger partial charge >= 0.3 is 0 Å². The quantitative estimate of drug-likeness (QED) is 0.489. The molecule has 0 amide bonds. The van der Waals surface area contributed by atoms with Gasteiger partial charge in [0.1, 0.15) is 0 Å². The van der Waals surface area contributed by atoms with Crippen molar-refractivity contribution >= 4 is 23.7 Å². The number of ketones is 2. The fraction of sp³-hybridized carbons (Fsp3) is 0.0435. The van der Waals surface area contributed by atoms with Gasteiger partial charge < -0.3 is 0 Å². The molecule has 1 aliphatic rings. The summed E-state index contributed by atoms with van der Waals surface area (Å²) >= 11 is 0. The van der Waals surface area contributed by atoms with Crippen molar-refractivity contribution in [1.82, 2.24) is 0 Å². The minimum absolute atomic E-state index is 0.0839. The second kappa shape index (κ2) is 5.99. The zero-order valence-electron chi connectivity index (χ0n) is 13.8. The third-order valence-electron chi connectivity index (χ3n) is 4.46. The maximum absolute atomic E-state index is 12.7. The summed E-state index contributed by atoms with van der Waals surface area (Å²) in [5.41, 5.74) is 5.14. The van der Waals surface area contributed by atoms with Gasteiger partial charge in [0.15, 0.2) is 11.6 Å². The van der Waals surface area contributed by atoms with Crippen molar-refractivity contribution in [1.29, 1.82) is 0 Å². The number of aryl methyl sites for hydroxylation is 1. The predicted molar refractivity (Wildman–Crippen MR) is 99.9 cm³/mol. The van der Waals surface area contributed by atoms with E-state index in [1.54, 1.807) is 36.4 Å². The molecule has 1 aliphatic carbocycles. The van der Waals surface area contributed by atoms with Crippen molar-refractivity contribution in [2.24, 2.45) is 0 Å². The van der Waals surface area contributed by atoms with Crippen molar-refractivity contribution in [3.8, 4) is 0 Å². The highest BCUT2D eigenvalue weighted by Crippen LogP contribution is 2.28. The summed E-state index contributed by atoms with van der Waals surface area (Å²) in [4.78, 5) is 25.4. The van der Waals surface area contributed by atoms with Crippen molar-refractivity contribution < 1.29 is 9.59 Å². The van der Waals surface area contributed by atoms with Crippen LogP contribution in [0, 0.1) is 6.92 Å². The Morgan fingerprint density at radius 2 is 1.20 bits per heavy atom. The Bertz CT molecular complexity index is 1040. The SMILES string of the molecule is Cc1cccc(/C=C/c2ccc3c(c2)C(=O)c2ccccc2C3=O)c1. The minimum atomic E-state index is -0.0870. The molecule has 3 aromatic carbocycles. The van der Waals surface area contributed by atoms with Crippen molar-refractivity contribution in [2.75, 3.05) is 0 Å². The predicted octanol–water partition coefficient (Wildman–Crippen LogP) is 4.94. The standard InChI is InChI=1S/C23H16O2/c1-15-5-4-6-16(13-15)9-10-17-11-12-20-21(14-17)23(25)19-8-3-2-7-18(19)22(20)24/h2-14H,1H3/b10-9+. The molecule has 2 heteroatoms. The lowest BCUT2D eigenvalue weighted by Crippen LogP contribution is -2.20. The summed E-state index contributed by atoms with van der Waals surface area (Å²) in [6.07, 6.45) is 3.98. The molecule has 0 fully saturated rings. The van der Waals surface area contributed by atoms with Gasteiger partial charge in [-0.25, -0.2) is 0 Å². The highest BCUT2D eigenvalue weighted by atomic mass is 16.1. The fourth-order valence-corrected chi connectivity index (χ4v) is 3.19. The molecule has 0 aromatic heterocycles. The summed E-state index contributed by atoms with van der Waals surface area (Å²) in [6.45, 7) is 2.05. The van der Waals surface area contributed by atoms with E-state index in [0.29, 0.717) is 22.3 Å². The summed E-state index contributed by atoms with van der Waals surface area (Å²) in [7, 11) is 0. The van der Waals surface area contributed by atoms with E-state index in [0.717, 1.165) is 11.1 Å². The average Bonchev–Trinajstić information content (AvgIpc) is 2.64. The lowest BCUT2D eigenvalue weighted by atomic mass is 9.83. The van der Waals surface area contributed by atoms with Crippen LogP contribution in [0.4, 0.5) is 0 Å². The van der Waals surface area contributed by atoms with Crippen LogP contribution >= 0.6 is 0 Å². The van der Waals surface area contributed by atoms with Crippen LogP contribution in [-0.2, 0) is 0 Å². The molecule has 0 heterocycles. The number of benzene rings is 3. The van der Waals surface area contributed by atoms with Crippen LogP contribution in [-0.4, -0.2) is 11.6 Å². The number of fused-ring (bicyclic) bond motifs is 2. The summed E-state index contributed by atoms with van der Waals surface area (Å²) in [5.74, 6) is -0.171. The number of carbonyl (C=O) groups excluding carboxylic acids is 2. The summed E-state index contributed by atoms with van der Waals surface area (Å²) in [6, 6.07) is 20.6. The first kappa shape index (κ1) is 15.3. The zero-order chi connectivity index (χ0) is 17.4. The van der Waals surface area contributed by atoms with Gasteiger partial charge in [-0.05, 0) is 30.2 Å². The first-order chi connectivity index (χ1) is 12.1. The average molecular weight is 324 g/mol. The number of hydrogen-bond acceptors (Lipinski definition) is 2. The lowest BCUT2D eigenvalue weighted by Gasteiger charge is -2.17. The van der Waals surface area contributed by atoms with Gasteiger partial charge in [-0.1, -0.05) is 72.3 Å². The van der Waals surface area contributed by atoms with Gasteiger partial charge in [-0.3, -0.25) is 9.59 Å². The molecule has 0 saturated heterocycles. The van der Waals surface area contributed by atoms with Crippen molar-refractivity contribution in [3.05, 3.63) is 106 Å². The number of hydrogen-bond donors (Lipinski definition) is 0. The van der Waals surface area contributed by atoms with Crippen molar-refractivity contribution in [2.45, 2.75) is 6.92 Å². The topological polar surface area (TPSA) is 34.1 Å². The first-order valence-corrected chi connectivity index (χ1v) is 8.21. The van der Waals surface area contributed by atoms with Crippen LogP contribution in [0.1, 0.15) is 48.5 Å². The third-order valence-corrected chi connectivity index (χ3v) is 4.46. The minimum Gasteiger partial charge on any atom is -0.289 e. The van der Waals surface area contributed by atoms with E-state index in [4.69, 9.17) is 0 Å². The highest BCUT2D eigenvalue weighted by Gasteiger charge is 2.28. The Hall–Kier alpha value is -3.26. The largest absolute Gasteiger partial charge is 0.289 e. The number of rotatable bonds is 2. The maximum atomic E-state index is 12.7. The molecule has 0 spiro atoms. The van der Waals surface area contributed by atoms with E-state index in [1.165, 1.54) is 5.56 Å². The Morgan fingerprint density at radius 1 is 0.600 bits per heavy atom. The van der Waals surface area contributed by atoms with E-state index >= 15 is 0 Å². The Balaban J connectivity index is 1.73. The van der Waals surface area contributed by atoms with Crippen LogP contribution < -0.4 is 0 Å². The van der Waals surface area contributed by atoms with E-state index in [1.807, 2.05) is 30.4 Å². The molecule has 0 radical (unpaired) electrons. The maximum Gasteiger partial charge on any atom is 0.194 e. The molecular weight excluding hydrogens is 308 g/mol. The molecular formula is C23H16O2. The second-order valence-electron chi connectivity index (χ2n) is 6.26. The first-order valence-electron chi connectivity index (χ1n) is 8.21. The van der Waals surface area contributed by atoms with Crippen LogP contribution in [0.15, 0.2) is 66.7 Å². The second-order valence-corrected chi connectivity index (χ2v) is 6.26. The van der Waals surface area contributed by atoms with E-state index in [2.05, 4.69) is 19.1 Å². The van der Waals surface area contributed by atoms with E-state index < -0.39 is 0 Å². The zero-order valence-corrected chi connectivity index (χ0v) is 13.8. The Labute approximate surface area is 146 Å². The molecule has 0 atom stereocenters. The Kier molecular flexibility index (Phi) is 3.66. The molecule has 0 N–H and O–H groups in total. The van der Waals surface area contributed by atoms with Gasteiger partial charge in [-0.15, -0.1) is 0 Å². The van der Waals surface area contributed by atoms with E-state index in [-0.39, 0.29) is 11.6 Å². The highest BCUT2D eigenvalue weighted by molar-refractivity contribution is 6.28. The lowest BCUT2D eigenvalue weighted by molar-refractivity contribution is 0.0979. The summed E-state index contributed by atoms with van der Waals surface area (Å²) < 4.78 is 0. The normalized spacial score (nSPS) is 13.0. The fourth-order valence-electron chi connectivity index (χ4n) is 3.19. The van der Waals surface area contributed by atoms with Gasteiger partial charge in [0.05, 0.1) is 0 Å². The van der Waals surface area contributed by atoms with Crippen LogP contribution in [0.2, 0.25) is 0 Å². The van der Waals surface area contributed by atoms with Crippen LogP contribution in [0.25, 0.3) is 12.2 Å². The monoisotopic (exact) mass is 324 g/mol. The smallest absolute Gasteiger partial charge is 0.194 e. The molecule has 0 aliphatic heterocycles. The summed E-state index contributed by atoms with van der Waals surface area (Å²) in [5, 5.41) is 0. The third kappa shape index (κ3) is 2.72. The molecule has 4 rings (SSSR count). The van der Waals surface area contributed by atoms with Gasteiger partial charge in [0.25, 0.3) is 0 Å². The number of carbonyl (C=O) groups is 2. The van der Waals surface area contributed by atoms with Crippen molar-refractivity contribution in [3.63, 3.8) is 0 Å². The van der Waals surface area contributed by atoms with Gasteiger partial charge in [0, 0.05) is 22.3 Å². The molecule has 120 valence electrons. The molecule has 2 nitrogen and oxygen atoms in total. The Morgan fingerprint density at radius 3 is 1.88 bits per heavy atom.